The highest BCUT2D eigenvalue weighted by Crippen LogP contribution is 2.31. The lowest BCUT2D eigenvalue weighted by Crippen LogP contribution is -2.36. The molecule has 0 saturated carbocycles. The molecule has 0 radical (unpaired) electrons. The number of hydrogen-bond donors (Lipinski definition) is 3. The number of anilines is 4. The molecule has 2 aliphatic heterocycles. The van der Waals surface area contributed by atoms with Gasteiger partial charge < -0.3 is 26.0 Å². The van der Waals surface area contributed by atoms with Crippen LogP contribution < -0.4 is 21.3 Å². The van der Waals surface area contributed by atoms with Crippen LogP contribution in [0.3, 0.4) is 0 Å². The molecule has 4 N–H and O–H groups in total. The van der Waals surface area contributed by atoms with Gasteiger partial charge in [0.25, 0.3) is 0 Å². The molecule has 0 aliphatic carbocycles. The molecule has 3 aromatic rings. The first-order valence-corrected chi connectivity index (χ1v) is 10.5. The number of fused-ring (bicyclic) bond motifs is 1. The number of nitrogens with two attached hydrogens (primary N) is 1. The number of thiazole rings is 1. The van der Waals surface area contributed by atoms with Crippen LogP contribution in [0, 0.1) is 0 Å². The van der Waals surface area contributed by atoms with Crippen LogP contribution in [0.4, 0.5) is 22.3 Å². The van der Waals surface area contributed by atoms with E-state index in [0.717, 1.165) is 66.9 Å². The van der Waals surface area contributed by atoms with Gasteiger partial charge in [-0.25, -0.2) is 9.97 Å². The van der Waals surface area contributed by atoms with E-state index in [4.69, 9.17) is 15.5 Å². The number of nitrogen functional groups attached to an aromatic ring is 1. The highest BCUT2D eigenvalue weighted by molar-refractivity contribution is 7.13. The number of rotatable bonds is 4. The molecular formula is C21H22N6OS. The first-order chi connectivity index (χ1) is 14.3. The number of hydrogen-bond acceptors (Lipinski definition) is 8. The first-order valence-electron chi connectivity index (χ1n) is 9.61. The quantitative estimate of drug-likeness (QED) is 0.612. The molecule has 0 bridgehead atoms. The highest BCUT2D eigenvalue weighted by atomic mass is 32.1. The maximum absolute atomic E-state index is 5.82. The number of morpholine rings is 1. The highest BCUT2D eigenvalue weighted by Gasteiger charge is 2.16. The van der Waals surface area contributed by atoms with Gasteiger partial charge in [-0.2, -0.15) is 0 Å². The van der Waals surface area contributed by atoms with E-state index in [1.807, 2.05) is 11.6 Å². The SMILES string of the molecule is Nc1nc(-c2cc3c(c(Nc4ccc(N5CCOCC5)cc4)n2)CNC=C3)cs1. The summed E-state index contributed by atoms with van der Waals surface area (Å²) in [6.45, 7) is 4.15. The summed E-state index contributed by atoms with van der Waals surface area (Å²) in [4.78, 5) is 11.6. The lowest BCUT2D eigenvalue weighted by atomic mass is 10.0. The van der Waals surface area contributed by atoms with Crippen molar-refractivity contribution in [3.63, 3.8) is 0 Å². The number of aromatic nitrogens is 2. The predicted octanol–water partition coefficient (Wildman–Crippen LogP) is 3.44. The van der Waals surface area contributed by atoms with Gasteiger partial charge in [-0.15, -0.1) is 11.3 Å². The summed E-state index contributed by atoms with van der Waals surface area (Å²) < 4.78 is 5.44. The van der Waals surface area contributed by atoms with E-state index < -0.39 is 0 Å². The van der Waals surface area contributed by atoms with Crippen LogP contribution in [0.25, 0.3) is 17.5 Å². The summed E-state index contributed by atoms with van der Waals surface area (Å²) in [6.07, 6.45) is 4.02. The summed E-state index contributed by atoms with van der Waals surface area (Å²) in [7, 11) is 0. The van der Waals surface area contributed by atoms with Crippen molar-refractivity contribution in [3.05, 3.63) is 53.0 Å². The third kappa shape index (κ3) is 3.76. The zero-order valence-electron chi connectivity index (χ0n) is 15.9. The van der Waals surface area contributed by atoms with Gasteiger partial charge in [-0.3, -0.25) is 0 Å². The minimum Gasteiger partial charge on any atom is -0.387 e. The van der Waals surface area contributed by atoms with Crippen LogP contribution in [-0.2, 0) is 11.3 Å². The normalized spacial score (nSPS) is 15.7. The Bertz CT molecular complexity index is 1040. The van der Waals surface area contributed by atoms with Gasteiger partial charge in [-0.1, -0.05) is 0 Å². The molecule has 1 saturated heterocycles. The van der Waals surface area contributed by atoms with Gasteiger partial charge in [0.05, 0.1) is 18.9 Å². The number of benzene rings is 1. The fourth-order valence-corrected chi connectivity index (χ4v) is 4.15. The lowest BCUT2D eigenvalue weighted by molar-refractivity contribution is 0.122. The summed E-state index contributed by atoms with van der Waals surface area (Å²) in [5, 5.41) is 9.25. The van der Waals surface area contributed by atoms with Crippen molar-refractivity contribution in [2.24, 2.45) is 0 Å². The van der Waals surface area contributed by atoms with Crippen LogP contribution >= 0.6 is 11.3 Å². The lowest BCUT2D eigenvalue weighted by Gasteiger charge is -2.29. The molecule has 0 atom stereocenters. The van der Waals surface area contributed by atoms with Gasteiger partial charge in [0, 0.05) is 42.0 Å². The van der Waals surface area contributed by atoms with Crippen molar-refractivity contribution in [2.45, 2.75) is 6.54 Å². The largest absolute Gasteiger partial charge is 0.387 e. The number of nitrogens with one attached hydrogen (secondary N) is 2. The van der Waals surface area contributed by atoms with Gasteiger partial charge in [0.15, 0.2) is 5.13 Å². The Labute approximate surface area is 173 Å². The molecule has 5 rings (SSSR count). The second-order valence-electron chi connectivity index (χ2n) is 6.98. The first kappa shape index (κ1) is 18.0. The van der Waals surface area contributed by atoms with Crippen molar-refractivity contribution in [1.29, 1.82) is 0 Å². The Morgan fingerprint density at radius 1 is 1.10 bits per heavy atom. The van der Waals surface area contributed by atoms with Crippen molar-refractivity contribution < 1.29 is 4.74 Å². The van der Waals surface area contributed by atoms with Crippen molar-refractivity contribution in [2.75, 3.05) is 42.3 Å². The number of nitrogens with zero attached hydrogens (tertiary/aromatic N) is 3. The molecular weight excluding hydrogens is 384 g/mol. The Morgan fingerprint density at radius 2 is 1.93 bits per heavy atom. The molecule has 2 aliphatic rings. The zero-order valence-corrected chi connectivity index (χ0v) is 16.7. The average Bonchev–Trinajstić information content (AvgIpc) is 3.21. The summed E-state index contributed by atoms with van der Waals surface area (Å²) >= 11 is 1.42. The molecule has 0 amide bonds. The molecule has 7 nitrogen and oxygen atoms in total. The van der Waals surface area contributed by atoms with E-state index in [0.29, 0.717) is 5.13 Å². The fraction of sp³-hybridized carbons (Fsp3) is 0.238. The minimum absolute atomic E-state index is 0.546. The monoisotopic (exact) mass is 406 g/mol. The van der Waals surface area contributed by atoms with Gasteiger partial charge in [-0.05, 0) is 48.2 Å². The molecule has 4 heterocycles. The number of pyridine rings is 1. The van der Waals surface area contributed by atoms with Crippen LogP contribution in [0.5, 0.6) is 0 Å². The van der Waals surface area contributed by atoms with E-state index in [-0.39, 0.29) is 0 Å². The van der Waals surface area contributed by atoms with E-state index in [2.05, 4.69) is 56.9 Å². The maximum Gasteiger partial charge on any atom is 0.180 e. The fourth-order valence-electron chi connectivity index (χ4n) is 3.59. The standard InChI is InChI=1S/C21H22N6OS/c22-21-26-19(13-29-21)18-11-14-5-6-23-12-17(14)20(25-18)24-15-1-3-16(4-2-15)27-7-9-28-10-8-27/h1-6,11,13,23H,7-10,12H2,(H2,22,26)(H,24,25). The second kappa shape index (κ2) is 7.73. The van der Waals surface area contributed by atoms with Gasteiger partial charge in [0.2, 0.25) is 0 Å². The minimum atomic E-state index is 0.546. The zero-order chi connectivity index (χ0) is 19.6. The molecule has 2 aromatic heterocycles. The Morgan fingerprint density at radius 3 is 2.69 bits per heavy atom. The van der Waals surface area contributed by atoms with Crippen LogP contribution in [0.15, 0.2) is 41.9 Å². The molecule has 8 heteroatoms. The summed E-state index contributed by atoms with van der Waals surface area (Å²) in [5.41, 5.74) is 11.9. The van der Waals surface area contributed by atoms with E-state index >= 15 is 0 Å². The van der Waals surface area contributed by atoms with E-state index in [1.54, 1.807) is 0 Å². The van der Waals surface area contributed by atoms with Crippen LogP contribution in [0.1, 0.15) is 11.1 Å². The molecule has 1 aromatic carbocycles. The molecule has 0 unspecified atom stereocenters. The Kier molecular flexibility index (Phi) is 4.79. The Balaban J connectivity index is 1.45. The molecule has 0 spiro atoms. The van der Waals surface area contributed by atoms with Crippen LogP contribution in [-0.4, -0.2) is 36.3 Å². The Hall–Kier alpha value is -3.10. The van der Waals surface area contributed by atoms with Gasteiger partial charge in [0.1, 0.15) is 11.5 Å². The third-order valence-corrected chi connectivity index (χ3v) is 5.78. The molecule has 1 fully saturated rings. The number of ether oxygens (including phenoxy) is 1. The molecule has 29 heavy (non-hydrogen) atoms. The van der Waals surface area contributed by atoms with Crippen molar-refractivity contribution >= 4 is 39.7 Å². The average molecular weight is 407 g/mol. The molecule has 148 valence electrons. The van der Waals surface area contributed by atoms with Gasteiger partial charge >= 0.3 is 0 Å². The van der Waals surface area contributed by atoms with E-state index in [1.165, 1.54) is 17.0 Å². The van der Waals surface area contributed by atoms with Crippen molar-refractivity contribution in [1.82, 2.24) is 15.3 Å². The van der Waals surface area contributed by atoms with Crippen LogP contribution in [0.2, 0.25) is 0 Å². The predicted molar refractivity (Wildman–Crippen MR) is 118 cm³/mol. The van der Waals surface area contributed by atoms with E-state index in [9.17, 15) is 0 Å². The third-order valence-electron chi connectivity index (χ3n) is 5.11. The smallest absolute Gasteiger partial charge is 0.180 e. The van der Waals surface area contributed by atoms with Crippen molar-refractivity contribution in [3.8, 4) is 11.4 Å². The summed E-state index contributed by atoms with van der Waals surface area (Å²) in [5.74, 6) is 0.833. The maximum atomic E-state index is 5.82. The second-order valence-corrected chi connectivity index (χ2v) is 7.87. The topological polar surface area (TPSA) is 88.3 Å². The summed E-state index contributed by atoms with van der Waals surface area (Å²) in [6, 6.07) is 10.5.